The Morgan fingerprint density at radius 1 is 1.50 bits per heavy atom. The van der Waals surface area contributed by atoms with Gasteiger partial charge in [0.2, 0.25) is 0 Å². The largest absolute Gasteiger partial charge is 0.380 e. The number of aromatic nitrogens is 1. The van der Waals surface area contributed by atoms with Crippen LogP contribution in [0.1, 0.15) is 23.7 Å². The predicted octanol–water partition coefficient (Wildman–Crippen LogP) is 1.59. The third-order valence-corrected chi connectivity index (χ3v) is 4.14. The molecule has 2 heterocycles. The Labute approximate surface area is 124 Å². The number of hydrogen-bond donors (Lipinski definition) is 2. The molecule has 1 aliphatic heterocycles. The van der Waals surface area contributed by atoms with Gasteiger partial charge in [0, 0.05) is 36.0 Å². The number of aryl methyl sites for hydroxylation is 1. The summed E-state index contributed by atoms with van der Waals surface area (Å²) in [6, 6.07) is 0. The highest BCUT2D eigenvalue weighted by Crippen LogP contribution is 2.26. The van der Waals surface area contributed by atoms with Gasteiger partial charge in [0.05, 0.1) is 24.8 Å². The van der Waals surface area contributed by atoms with Crippen LogP contribution in [-0.2, 0) is 11.2 Å². The van der Waals surface area contributed by atoms with Gasteiger partial charge >= 0.3 is 0 Å². The molecule has 1 aromatic heterocycles. The molecule has 1 saturated heterocycles. The minimum absolute atomic E-state index is 0.217. The summed E-state index contributed by atoms with van der Waals surface area (Å²) in [5.41, 5.74) is 0.217. The molecule has 2 N–H and O–H groups in total. The minimum atomic E-state index is 0.217. The second kappa shape index (κ2) is 7.04. The van der Waals surface area contributed by atoms with E-state index >= 15 is 0 Å². The van der Waals surface area contributed by atoms with Crippen LogP contribution in [0, 0.1) is 12.3 Å². The number of guanidine groups is 1. The lowest BCUT2D eigenvalue weighted by molar-refractivity contribution is -0.0945. The smallest absolute Gasteiger partial charge is 0.191 e. The normalized spacial score (nSPS) is 17.6. The molecule has 112 valence electrons. The molecule has 0 atom stereocenters. The molecular weight excluding hydrogens is 272 g/mol. The van der Waals surface area contributed by atoms with Crippen LogP contribution in [0.4, 0.5) is 0 Å². The average molecular weight is 296 g/mol. The molecule has 1 aliphatic rings. The van der Waals surface area contributed by atoms with Crippen molar-refractivity contribution in [2.75, 3.05) is 32.8 Å². The van der Waals surface area contributed by atoms with Crippen LogP contribution in [0.5, 0.6) is 0 Å². The van der Waals surface area contributed by atoms with Crippen LogP contribution in [-0.4, -0.2) is 43.8 Å². The first-order chi connectivity index (χ1) is 9.61. The average Bonchev–Trinajstić information content (AvgIpc) is 2.79. The summed E-state index contributed by atoms with van der Waals surface area (Å²) in [4.78, 5) is 10.3. The number of aliphatic imine (C=N–C) groups is 1. The van der Waals surface area contributed by atoms with E-state index in [1.807, 2.05) is 6.20 Å². The first kappa shape index (κ1) is 15.3. The van der Waals surface area contributed by atoms with Crippen molar-refractivity contribution >= 4 is 17.3 Å². The highest BCUT2D eigenvalue weighted by atomic mass is 32.1. The van der Waals surface area contributed by atoms with Gasteiger partial charge in [-0.3, -0.25) is 4.99 Å². The maximum atomic E-state index is 5.25. The summed E-state index contributed by atoms with van der Waals surface area (Å²) >= 11 is 1.76. The fraction of sp³-hybridized carbons (Fsp3) is 0.714. The molecule has 0 amide bonds. The van der Waals surface area contributed by atoms with Crippen LogP contribution in [0.2, 0.25) is 0 Å². The van der Waals surface area contributed by atoms with Gasteiger partial charge in [-0.1, -0.05) is 6.92 Å². The maximum Gasteiger partial charge on any atom is 0.191 e. The Hall–Kier alpha value is -1.14. The second-order valence-corrected chi connectivity index (χ2v) is 6.86. The van der Waals surface area contributed by atoms with Crippen molar-refractivity contribution in [2.24, 2.45) is 10.4 Å². The van der Waals surface area contributed by atoms with E-state index in [1.165, 1.54) is 9.88 Å². The Balaban J connectivity index is 1.77. The van der Waals surface area contributed by atoms with Crippen molar-refractivity contribution in [1.82, 2.24) is 15.6 Å². The van der Waals surface area contributed by atoms with Crippen LogP contribution in [0.25, 0.3) is 0 Å². The van der Waals surface area contributed by atoms with E-state index in [9.17, 15) is 0 Å². The van der Waals surface area contributed by atoms with E-state index < -0.39 is 0 Å². The third kappa shape index (κ3) is 4.45. The standard InChI is InChI=1S/C14H24N4OS/c1-4-15-13(18-8-14(3)9-19-10-14)16-6-5-12-17-7-11(2)20-12/h7H,4-6,8-10H2,1-3H3,(H2,15,16,18). The molecule has 1 fully saturated rings. The number of nitrogens with one attached hydrogen (secondary N) is 2. The summed E-state index contributed by atoms with van der Waals surface area (Å²) in [6.07, 6.45) is 2.86. The van der Waals surface area contributed by atoms with Gasteiger partial charge in [-0.15, -0.1) is 11.3 Å². The minimum Gasteiger partial charge on any atom is -0.380 e. The van der Waals surface area contributed by atoms with Crippen molar-refractivity contribution in [3.63, 3.8) is 0 Å². The quantitative estimate of drug-likeness (QED) is 0.618. The van der Waals surface area contributed by atoms with Crippen LogP contribution in [0.15, 0.2) is 11.2 Å². The van der Waals surface area contributed by atoms with Gasteiger partial charge < -0.3 is 15.4 Å². The van der Waals surface area contributed by atoms with Gasteiger partial charge in [0.25, 0.3) is 0 Å². The Bertz CT molecular complexity index is 454. The fourth-order valence-corrected chi connectivity index (χ4v) is 2.74. The zero-order valence-electron chi connectivity index (χ0n) is 12.5. The van der Waals surface area contributed by atoms with E-state index in [1.54, 1.807) is 11.3 Å². The summed E-state index contributed by atoms with van der Waals surface area (Å²) in [5, 5.41) is 7.81. The van der Waals surface area contributed by atoms with Crippen molar-refractivity contribution < 1.29 is 4.74 Å². The third-order valence-electron chi connectivity index (χ3n) is 3.16. The lowest BCUT2D eigenvalue weighted by Crippen LogP contribution is -2.44. The fourth-order valence-electron chi connectivity index (χ4n) is 1.96. The molecule has 6 heteroatoms. The van der Waals surface area contributed by atoms with E-state index in [-0.39, 0.29) is 5.41 Å². The van der Waals surface area contributed by atoms with E-state index in [4.69, 9.17) is 4.74 Å². The second-order valence-electron chi connectivity index (χ2n) is 5.54. The molecule has 0 aliphatic carbocycles. The SMILES string of the molecule is CCNC(=NCC1(C)COC1)NCCc1ncc(C)s1. The number of thiazole rings is 1. The highest BCUT2D eigenvalue weighted by Gasteiger charge is 2.33. The predicted molar refractivity (Wildman–Crippen MR) is 83.5 cm³/mol. The molecule has 0 bridgehead atoms. The molecule has 2 rings (SSSR count). The van der Waals surface area contributed by atoms with Crippen LogP contribution in [0.3, 0.4) is 0 Å². The summed E-state index contributed by atoms with van der Waals surface area (Å²) in [5.74, 6) is 0.883. The monoisotopic (exact) mass is 296 g/mol. The Morgan fingerprint density at radius 3 is 2.85 bits per heavy atom. The van der Waals surface area contributed by atoms with Crippen molar-refractivity contribution in [3.8, 4) is 0 Å². The molecule has 20 heavy (non-hydrogen) atoms. The number of nitrogens with zero attached hydrogens (tertiary/aromatic N) is 2. The lowest BCUT2D eigenvalue weighted by Gasteiger charge is -2.36. The maximum absolute atomic E-state index is 5.25. The van der Waals surface area contributed by atoms with Crippen LogP contribution < -0.4 is 10.6 Å². The molecule has 0 unspecified atom stereocenters. The Kier molecular flexibility index (Phi) is 5.37. The highest BCUT2D eigenvalue weighted by molar-refractivity contribution is 7.11. The number of ether oxygens (including phenoxy) is 1. The molecular formula is C14H24N4OS. The zero-order chi connectivity index (χ0) is 14.4. The van der Waals surface area contributed by atoms with Crippen molar-refractivity contribution in [3.05, 3.63) is 16.1 Å². The molecule has 0 spiro atoms. The summed E-state index contributed by atoms with van der Waals surface area (Å²) in [7, 11) is 0. The lowest BCUT2D eigenvalue weighted by atomic mass is 9.89. The zero-order valence-corrected chi connectivity index (χ0v) is 13.3. The van der Waals surface area contributed by atoms with E-state index in [0.29, 0.717) is 0 Å². The molecule has 1 aromatic rings. The first-order valence-corrected chi connectivity index (χ1v) is 7.94. The topological polar surface area (TPSA) is 58.5 Å². The molecule has 0 saturated carbocycles. The molecule has 5 nitrogen and oxygen atoms in total. The first-order valence-electron chi connectivity index (χ1n) is 7.12. The van der Waals surface area contributed by atoms with Gasteiger partial charge in [0.1, 0.15) is 0 Å². The summed E-state index contributed by atoms with van der Waals surface area (Å²) < 4.78 is 5.25. The summed E-state index contributed by atoms with van der Waals surface area (Å²) in [6.45, 7) is 10.5. The number of hydrogen-bond acceptors (Lipinski definition) is 4. The molecule has 0 radical (unpaired) electrons. The van der Waals surface area contributed by atoms with Crippen molar-refractivity contribution in [2.45, 2.75) is 27.2 Å². The van der Waals surface area contributed by atoms with Gasteiger partial charge in [0.15, 0.2) is 5.96 Å². The van der Waals surface area contributed by atoms with Crippen LogP contribution >= 0.6 is 11.3 Å². The van der Waals surface area contributed by atoms with Gasteiger partial charge in [-0.2, -0.15) is 0 Å². The molecule has 0 aromatic carbocycles. The number of rotatable bonds is 6. The van der Waals surface area contributed by atoms with Gasteiger partial charge in [-0.25, -0.2) is 4.98 Å². The van der Waals surface area contributed by atoms with E-state index in [0.717, 1.165) is 45.2 Å². The van der Waals surface area contributed by atoms with Crippen molar-refractivity contribution in [1.29, 1.82) is 0 Å². The van der Waals surface area contributed by atoms with E-state index in [2.05, 4.69) is 41.4 Å². The Morgan fingerprint density at radius 2 is 2.30 bits per heavy atom. The van der Waals surface area contributed by atoms with Gasteiger partial charge in [-0.05, 0) is 13.8 Å².